The fourth-order valence-corrected chi connectivity index (χ4v) is 4.12. The summed E-state index contributed by atoms with van der Waals surface area (Å²) in [5.74, 6) is -1.11. The number of nitro groups is 1. The molecule has 0 radical (unpaired) electrons. The molecule has 4 rings (SSSR count). The third-order valence-corrected chi connectivity index (χ3v) is 5.59. The fourth-order valence-electron chi connectivity index (χ4n) is 3.07. The number of esters is 1. The summed E-state index contributed by atoms with van der Waals surface area (Å²) < 4.78 is 16.7. The Balaban J connectivity index is 1.51. The number of aromatic nitrogens is 1. The van der Waals surface area contributed by atoms with Crippen LogP contribution < -0.4 is 14.4 Å². The third-order valence-electron chi connectivity index (χ3n) is 4.53. The molecule has 3 aromatic rings. The highest BCUT2D eigenvalue weighted by Gasteiger charge is 2.28. The number of carbonyl (C=O) groups excluding carboxylic acids is 2. The van der Waals surface area contributed by atoms with E-state index >= 15 is 0 Å². The average molecular weight is 443 g/mol. The van der Waals surface area contributed by atoms with Gasteiger partial charge in [0.2, 0.25) is 0 Å². The fraction of sp³-hybridized carbons (Fsp3) is 0.250. The molecule has 1 aliphatic heterocycles. The SMILES string of the molecule is CCN(C(=O)COC(=O)c1cc2c(cc1[N+](=O)[O-])OCCO2)c1nc2ccccc2s1. The Hall–Kier alpha value is -3.73. The first-order valence-corrected chi connectivity index (χ1v) is 10.2. The van der Waals surface area contributed by atoms with Gasteiger partial charge in [-0.05, 0) is 19.1 Å². The minimum Gasteiger partial charge on any atom is -0.486 e. The maximum Gasteiger partial charge on any atom is 0.345 e. The van der Waals surface area contributed by atoms with Crippen molar-refractivity contribution in [3.05, 3.63) is 52.1 Å². The molecule has 0 unspecified atom stereocenters. The molecule has 31 heavy (non-hydrogen) atoms. The average Bonchev–Trinajstić information content (AvgIpc) is 3.20. The lowest BCUT2D eigenvalue weighted by atomic mass is 10.1. The van der Waals surface area contributed by atoms with Gasteiger partial charge in [0.1, 0.15) is 18.8 Å². The maximum atomic E-state index is 12.7. The number of amides is 1. The van der Waals surface area contributed by atoms with Crippen molar-refractivity contribution in [2.75, 3.05) is 31.3 Å². The first-order chi connectivity index (χ1) is 15.0. The van der Waals surface area contributed by atoms with Crippen LogP contribution in [-0.2, 0) is 9.53 Å². The monoisotopic (exact) mass is 443 g/mol. The second-order valence-corrected chi connectivity index (χ2v) is 7.46. The van der Waals surface area contributed by atoms with E-state index in [-0.39, 0.29) is 30.3 Å². The number of hydrogen-bond donors (Lipinski definition) is 0. The first-order valence-electron chi connectivity index (χ1n) is 9.39. The summed E-state index contributed by atoms with van der Waals surface area (Å²) >= 11 is 1.34. The van der Waals surface area contributed by atoms with E-state index in [1.54, 1.807) is 6.92 Å². The number of fused-ring (bicyclic) bond motifs is 2. The predicted molar refractivity (Wildman–Crippen MR) is 112 cm³/mol. The van der Waals surface area contributed by atoms with E-state index in [1.165, 1.54) is 22.3 Å². The highest BCUT2D eigenvalue weighted by molar-refractivity contribution is 7.22. The van der Waals surface area contributed by atoms with Gasteiger partial charge in [-0.2, -0.15) is 0 Å². The zero-order valence-corrected chi connectivity index (χ0v) is 17.2. The number of ether oxygens (including phenoxy) is 3. The lowest BCUT2D eigenvalue weighted by molar-refractivity contribution is -0.385. The molecule has 0 aliphatic carbocycles. The molecule has 2 aromatic carbocycles. The van der Waals surface area contributed by atoms with Crippen LogP contribution in [0.5, 0.6) is 11.5 Å². The Kier molecular flexibility index (Phi) is 5.67. The van der Waals surface area contributed by atoms with Crippen molar-refractivity contribution < 1.29 is 28.7 Å². The summed E-state index contributed by atoms with van der Waals surface area (Å²) in [6, 6.07) is 9.79. The van der Waals surface area contributed by atoms with Crippen molar-refractivity contribution in [1.29, 1.82) is 0 Å². The van der Waals surface area contributed by atoms with E-state index in [0.717, 1.165) is 16.3 Å². The number of anilines is 1. The van der Waals surface area contributed by atoms with Crippen molar-refractivity contribution in [2.24, 2.45) is 0 Å². The van der Waals surface area contributed by atoms with Gasteiger partial charge < -0.3 is 14.2 Å². The molecule has 11 heteroatoms. The summed E-state index contributed by atoms with van der Waals surface area (Å²) in [5.41, 5.74) is -0.0389. The number of hydrogen-bond acceptors (Lipinski definition) is 9. The van der Waals surface area contributed by atoms with Crippen LogP contribution in [0, 0.1) is 10.1 Å². The number of carbonyl (C=O) groups is 2. The van der Waals surface area contributed by atoms with Crippen molar-refractivity contribution in [1.82, 2.24) is 4.98 Å². The Bertz CT molecular complexity index is 1140. The molecule has 2 heterocycles. The van der Waals surface area contributed by atoms with Crippen LogP contribution in [-0.4, -0.2) is 48.1 Å². The van der Waals surface area contributed by atoms with E-state index in [9.17, 15) is 19.7 Å². The third kappa shape index (κ3) is 4.12. The van der Waals surface area contributed by atoms with Crippen LogP contribution in [0.1, 0.15) is 17.3 Å². The van der Waals surface area contributed by atoms with Crippen LogP contribution >= 0.6 is 11.3 Å². The van der Waals surface area contributed by atoms with Crippen molar-refractivity contribution in [3.8, 4) is 11.5 Å². The minimum absolute atomic E-state index is 0.179. The maximum absolute atomic E-state index is 12.7. The number of nitrogens with zero attached hydrogens (tertiary/aromatic N) is 3. The molecule has 0 atom stereocenters. The van der Waals surface area contributed by atoms with Crippen LogP contribution in [0.2, 0.25) is 0 Å². The van der Waals surface area contributed by atoms with E-state index in [2.05, 4.69) is 4.98 Å². The van der Waals surface area contributed by atoms with Crippen molar-refractivity contribution in [3.63, 3.8) is 0 Å². The number of benzene rings is 2. The predicted octanol–water partition coefficient (Wildman–Crippen LogP) is 3.19. The highest BCUT2D eigenvalue weighted by atomic mass is 32.1. The zero-order chi connectivity index (χ0) is 22.0. The van der Waals surface area contributed by atoms with Crippen molar-refractivity contribution in [2.45, 2.75) is 6.92 Å². The summed E-state index contributed by atoms with van der Waals surface area (Å²) in [4.78, 5) is 41.7. The van der Waals surface area contributed by atoms with Crippen LogP contribution in [0.4, 0.5) is 10.8 Å². The normalized spacial score (nSPS) is 12.4. The largest absolute Gasteiger partial charge is 0.486 e. The molecule has 10 nitrogen and oxygen atoms in total. The summed E-state index contributed by atoms with van der Waals surface area (Å²) in [5, 5.41) is 11.9. The summed E-state index contributed by atoms with van der Waals surface area (Å²) in [7, 11) is 0. The van der Waals surface area contributed by atoms with Gasteiger partial charge in [-0.15, -0.1) is 0 Å². The smallest absolute Gasteiger partial charge is 0.345 e. The van der Waals surface area contributed by atoms with Gasteiger partial charge in [0.15, 0.2) is 23.2 Å². The Labute approximate surface area is 180 Å². The van der Waals surface area contributed by atoms with E-state index in [1.807, 2.05) is 24.3 Å². The lowest BCUT2D eigenvalue weighted by Crippen LogP contribution is -2.34. The quantitative estimate of drug-likeness (QED) is 0.323. The van der Waals surface area contributed by atoms with E-state index < -0.39 is 29.1 Å². The topological polar surface area (TPSA) is 121 Å². The number of likely N-dealkylation sites (N-methyl/N-ethyl adjacent to an activating group) is 1. The molecule has 0 N–H and O–H groups in total. The molecule has 160 valence electrons. The Morgan fingerprint density at radius 2 is 1.94 bits per heavy atom. The van der Waals surface area contributed by atoms with Crippen LogP contribution in [0.3, 0.4) is 0 Å². The molecule has 0 spiro atoms. The highest BCUT2D eigenvalue weighted by Crippen LogP contribution is 2.37. The molecule has 0 fully saturated rings. The van der Waals surface area contributed by atoms with Crippen molar-refractivity contribution >= 4 is 44.2 Å². The molecular weight excluding hydrogens is 426 g/mol. The Morgan fingerprint density at radius 3 is 2.61 bits per heavy atom. The molecule has 0 saturated heterocycles. The van der Waals surface area contributed by atoms with Gasteiger partial charge in [-0.25, -0.2) is 9.78 Å². The number of para-hydroxylation sites is 1. The zero-order valence-electron chi connectivity index (χ0n) is 16.4. The lowest BCUT2D eigenvalue weighted by Gasteiger charge is -2.19. The second kappa shape index (κ2) is 8.56. The van der Waals surface area contributed by atoms with Gasteiger partial charge in [0.25, 0.3) is 11.6 Å². The summed E-state index contributed by atoms with van der Waals surface area (Å²) in [6.45, 7) is 2.01. The Morgan fingerprint density at radius 1 is 1.23 bits per heavy atom. The minimum atomic E-state index is -1.00. The first kappa shape index (κ1) is 20.5. The molecule has 0 saturated carbocycles. The van der Waals surface area contributed by atoms with E-state index in [4.69, 9.17) is 14.2 Å². The number of thiazole rings is 1. The van der Waals surface area contributed by atoms with Crippen LogP contribution in [0.15, 0.2) is 36.4 Å². The number of nitro benzene ring substituents is 1. The molecule has 0 bridgehead atoms. The van der Waals surface area contributed by atoms with Gasteiger partial charge in [0, 0.05) is 12.6 Å². The van der Waals surface area contributed by atoms with Gasteiger partial charge in [-0.3, -0.25) is 19.8 Å². The van der Waals surface area contributed by atoms with Gasteiger partial charge in [-0.1, -0.05) is 23.5 Å². The standard InChI is InChI=1S/C20H17N3O7S/c1-2-22(20-21-13-5-3-4-6-17(13)31-20)18(24)11-30-19(25)12-9-15-16(29-8-7-28-15)10-14(12)23(26)27/h3-6,9-10H,2,7-8,11H2,1H3. The molecule has 1 amide bonds. The van der Waals surface area contributed by atoms with E-state index in [0.29, 0.717) is 11.7 Å². The van der Waals surface area contributed by atoms with Crippen LogP contribution in [0.25, 0.3) is 10.2 Å². The second-order valence-electron chi connectivity index (χ2n) is 6.45. The number of rotatable bonds is 6. The summed E-state index contributed by atoms with van der Waals surface area (Å²) in [6.07, 6.45) is 0. The van der Waals surface area contributed by atoms with Gasteiger partial charge in [0.05, 0.1) is 21.2 Å². The molecule has 1 aromatic heterocycles. The molecule has 1 aliphatic rings. The molecular formula is C20H17N3O7S. The van der Waals surface area contributed by atoms with Gasteiger partial charge >= 0.3 is 5.97 Å².